The van der Waals surface area contributed by atoms with Crippen molar-refractivity contribution in [2.24, 2.45) is 0 Å². The number of nitrogens with one attached hydrogen (secondary N) is 1. The molecule has 1 N–H and O–H groups in total. The zero-order chi connectivity index (χ0) is 18.8. The summed E-state index contributed by atoms with van der Waals surface area (Å²) in [5.74, 6) is -0.120. The van der Waals surface area contributed by atoms with Crippen LogP contribution in [0.5, 0.6) is 0 Å². The number of carbonyl (C=O) groups is 1. The predicted octanol–water partition coefficient (Wildman–Crippen LogP) is 3.19. The largest absolute Gasteiger partial charge is 0.443 e. The van der Waals surface area contributed by atoms with Gasteiger partial charge in [-0.15, -0.1) is 0 Å². The number of hydrogen-bond donors (Lipinski definition) is 1. The van der Waals surface area contributed by atoms with Crippen molar-refractivity contribution >= 4 is 21.8 Å². The Morgan fingerprint density at radius 3 is 2.60 bits per heavy atom. The summed E-state index contributed by atoms with van der Waals surface area (Å²) in [6, 6.07) is 7.07. The molecule has 0 radical (unpaired) electrons. The molecule has 2 aromatic rings. The van der Waals surface area contributed by atoms with E-state index in [1.165, 1.54) is 10.9 Å². The Labute approximate surface area is 148 Å². The van der Waals surface area contributed by atoms with Gasteiger partial charge in [0, 0.05) is 17.8 Å². The predicted molar refractivity (Wildman–Crippen MR) is 96.3 cm³/mol. The number of nitrogens with zero attached hydrogens (tertiary/aromatic N) is 2. The van der Waals surface area contributed by atoms with Crippen LogP contribution < -0.4 is 4.72 Å². The Bertz CT molecular complexity index is 866. The average Bonchev–Trinajstić information content (AvgIpc) is 2.93. The monoisotopic (exact) mass is 365 g/mol. The summed E-state index contributed by atoms with van der Waals surface area (Å²) in [4.78, 5) is 16.3. The molecular formula is C17H23N3O4S. The molecule has 1 unspecified atom stereocenters. The van der Waals surface area contributed by atoms with E-state index in [-0.39, 0.29) is 5.92 Å². The van der Waals surface area contributed by atoms with Crippen molar-refractivity contribution in [3.05, 3.63) is 48.0 Å². The Morgan fingerprint density at radius 1 is 1.32 bits per heavy atom. The second-order valence-corrected chi connectivity index (χ2v) is 8.66. The zero-order valence-electron chi connectivity index (χ0n) is 15.0. The molecule has 8 heteroatoms. The van der Waals surface area contributed by atoms with Crippen LogP contribution in [0.4, 0.5) is 10.5 Å². The maximum atomic E-state index is 12.1. The summed E-state index contributed by atoms with van der Waals surface area (Å²) < 4.78 is 31.8. The lowest BCUT2D eigenvalue weighted by Crippen LogP contribution is -2.26. The Kier molecular flexibility index (Phi) is 5.22. The van der Waals surface area contributed by atoms with E-state index in [4.69, 9.17) is 4.74 Å². The minimum absolute atomic E-state index is 0.120. The summed E-state index contributed by atoms with van der Waals surface area (Å²) in [5, 5.41) is 0. The van der Waals surface area contributed by atoms with Gasteiger partial charge in [0.2, 0.25) is 10.0 Å². The number of rotatable bonds is 4. The highest BCUT2D eigenvalue weighted by Gasteiger charge is 2.20. The molecule has 0 amide bonds. The Balaban J connectivity index is 2.20. The molecule has 0 fully saturated rings. The van der Waals surface area contributed by atoms with E-state index < -0.39 is 21.7 Å². The summed E-state index contributed by atoms with van der Waals surface area (Å²) in [5.41, 5.74) is 1.46. The molecule has 0 bridgehead atoms. The number of benzene rings is 1. The number of imidazole rings is 1. The third kappa shape index (κ3) is 5.60. The maximum Gasteiger partial charge on any atom is 0.419 e. The van der Waals surface area contributed by atoms with Crippen LogP contribution in [0, 0.1) is 0 Å². The fraction of sp³-hybridized carbons (Fsp3) is 0.412. The molecule has 0 saturated carbocycles. The van der Waals surface area contributed by atoms with Gasteiger partial charge >= 0.3 is 6.09 Å². The highest BCUT2D eigenvalue weighted by atomic mass is 32.2. The van der Waals surface area contributed by atoms with Crippen LogP contribution in [-0.4, -0.2) is 35.9 Å². The molecular weight excluding hydrogens is 342 g/mol. The van der Waals surface area contributed by atoms with Crippen molar-refractivity contribution in [3.63, 3.8) is 0 Å². The van der Waals surface area contributed by atoms with Crippen LogP contribution >= 0.6 is 0 Å². The van der Waals surface area contributed by atoms with Crippen molar-refractivity contribution in [1.82, 2.24) is 9.55 Å². The molecule has 0 aliphatic heterocycles. The minimum atomic E-state index is -3.34. The van der Waals surface area contributed by atoms with Gasteiger partial charge in [-0.05, 0) is 38.5 Å². The van der Waals surface area contributed by atoms with Crippen LogP contribution in [-0.2, 0) is 14.8 Å². The molecule has 0 aliphatic carbocycles. The van der Waals surface area contributed by atoms with Gasteiger partial charge in [-0.1, -0.05) is 19.1 Å². The number of ether oxygens (including phenoxy) is 1. The van der Waals surface area contributed by atoms with Gasteiger partial charge in [0.25, 0.3) is 0 Å². The molecule has 1 heterocycles. The van der Waals surface area contributed by atoms with E-state index in [2.05, 4.69) is 9.71 Å². The van der Waals surface area contributed by atoms with Crippen molar-refractivity contribution < 1.29 is 17.9 Å². The summed E-state index contributed by atoms with van der Waals surface area (Å²) in [6.45, 7) is 7.32. The van der Waals surface area contributed by atoms with Crippen molar-refractivity contribution in [2.75, 3.05) is 11.0 Å². The first kappa shape index (κ1) is 19.0. The SMILES string of the molecule is CC(c1cccc(NS(C)(=O)=O)c1)c1cn(C(=O)OC(C)(C)C)cn1. The fourth-order valence-electron chi connectivity index (χ4n) is 2.23. The first-order valence-corrected chi connectivity index (χ1v) is 9.69. The lowest BCUT2D eigenvalue weighted by atomic mass is 9.98. The normalized spacial score (nSPS) is 13.3. The third-order valence-corrected chi connectivity index (χ3v) is 3.95. The summed E-state index contributed by atoms with van der Waals surface area (Å²) in [7, 11) is -3.34. The molecule has 0 aliphatic rings. The quantitative estimate of drug-likeness (QED) is 0.898. The van der Waals surface area contributed by atoms with E-state index >= 15 is 0 Å². The van der Waals surface area contributed by atoms with Crippen LogP contribution in [0.2, 0.25) is 0 Å². The zero-order valence-corrected chi connectivity index (χ0v) is 15.8. The molecule has 136 valence electrons. The lowest BCUT2D eigenvalue weighted by molar-refractivity contribution is 0.0536. The summed E-state index contributed by atoms with van der Waals surface area (Å²) in [6.07, 6.45) is 3.64. The van der Waals surface area contributed by atoms with E-state index in [9.17, 15) is 13.2 Å². The van der Waals surface area contributed by atoms with E-state index in [1.807, 2.05) is 13.0 Å². The van der Waals surface area contributed by atoms with Gasteiger partial charge in [0.1, 0.15) is 11.9 Å². The number of carbonyl (C=O) groups excluding carboxylic acids is 1. The van der Waals surface area contributed by atoms with Gasteiger partial charge in [0.15, 0.2) is 0 Å². The van der Waals surface area contributed by atoms with Crippen LogP contribution in [0.3, 0.4) is 0 Å². The molecule has 0 saturated heterocycles. The van der Waals surface area contributed by atoms with Gasteiger partial charge in [-0.3, -0.25) is 4.72 Å². The Hall–Kier alpha value is -2.35. The van der Waals surface area contributed by atoms with Gasteiger partial charge in [-0.25, -0.2) is 22.8 Å². The molecule has 2 rings (SSSR count). The molecule has 7 nitrogen and oxygen atoms in total. The lowest BCUT2D eigenvalue weighted by Gasteiger charge is -2.19. The molecule has 1 atom stereocenters. The van der Waals surface area contributed by atoms with E-state index in [1.54, 1.807) is 45.2 Å². The van der Waals surface area contributed by atoms with E-state index in [0.717, 1.165) is 11.8 Å². The molecule has 0 spiro atoms. The maximum absolute atomic E-state index is 12.1. The van der Waals surface area contributed by atoms with E-state index in [0.29, 0.717) is 11.4 Å². The standard InChI is InChI=1S/C17H23N3O4S/c1-12(13-7-6-8-14(9-13)19-25(5,22)23)15-10-20(11-18-15)16(21)24-17(2,3)4/h6-12,19H,1-5H3. The molecule has 1 aromatic carbocycles. The first-order chi connectivity index (χ1) is 11.4. The number of hydrogen-bond acceptors (Lipinski definition) is 5. The second kappa shape index (κ2) is 6.87. The fourth-order valence-corrected chi connectivity index (χ4v) is 2.79. The minimum Gasteiger partial charge on any atom is -0.443 e. The molecule has 1 aromatic heterocycles. The summed E-state index contributed by atoms with van der Waals surface area (Å²) >= 11 is 0. The highest BCUT2D eigenvalue weighted by Crippen LogP contribution is 2.25. The van der Waals surface area contributed by atoms with Crippen LogP contribution in [0.1, 0.15) is 44.9 Å². The topological polar surface area (TPSA) is 90.3 Å². The van der Waals surface area contributed by atoms with Crippen molar-refractivity contribution in [3.8, 4) is 0 Å². The first-order valence-electron chi connectivity index (χ1n) is 7.79. The smallest absolute Gasteiger partial charge is 0.419 e. The highest BCUT2D eigenvalue weighted by molar-refractivity contribution is 7.92. The third-order valence-electron chi connectivity index (χ3n) is 3.34. The average molecular weight is 365 g/mol. The van der Waals surface area contributed by atoms with Gasteiger partial charge in [-0.2, -0.15) is 0 Å². The van der Waals surface area contributed by atoms with Gasteiger partial charge < -0.3 is 4.74 Å². The number of anilines is 1. The second-order valence-electron chi connectivity index (χ2n) is 6.91. The van der Waals surface area contributed by atoms with Crippen LogP contribution in [0.15, 0.2) is 36.8 Å². The Morgan fingerprint density at radius 2 is 2.00 bits per heavy atom. The molecule has 25 heavy (non-hydrogen) atoms. The number of aromatic nitrogens is 2. The van der Waals surface area contributed by atoms with Crippen LogP contribution in [0.25, 0.3) is 0 Å². The van der Waals surface area contributed by atoms with Gasteiger partial charge in [0.05, 0.1) is 11.9 Å². The van der Waals surface area contributed by atoms with Crippen molar-refractivity contribution in [1.29, 1.82) is 0 Å². The van der Waals surface area contributed by atoms with Crippen molar-refractivity contribution in [2.45, 2.75) is 39.2 Å². The number of sulfonamides is 1.